The lowest BCUT2D eigenvalue weighted by atomic mass is 9.70. The minimum atomic E-state index is -1.04. The van der Waals surface area contributed by atoms with Crippen molar-refractivity contribution in [2.45, 2.75) is 17.5 Å². The molecule has 3 unspecified atom stereocenters. The van der Waals surface area contributed by atoms with E-state index < -0.39 is 11.6 Å². The van der Waals surface area contributed by atoms with Gasteiger partial charge in [0.25, 0.3) is 6.02 Å². The Morgan fingerprint density at radius 1 is 1.21 bits per heavy atom. The minimum Gasteiger partial charge on any atom is -0.462 e. The second-order valence-corrected chi connectivity index (χ2v) is 7.35. The Balaban J connectivity index is 1.94. The van der Waals surface area contributed by atoms with Gasteiger partial charge in [-0.05, 0) is 23.3 Å². The smallest absolute Gasteiger partial charge is 0.323 e. The molecule has 2 aliphatic heterocycles. The van der Waals surface area contributed by atoms with Crippen molar-refractivity contribution in [2.75, 3.05) is 26.2 Å². The van der Waals surface area contributed by atoms with Crippen LogP contribution in [0.3, 0.4) is 0 Å². The van der Waals surface area contributed by atoms with Crippen LogP contribution in [0.5, 0.6) is 0 Å². The molecule has 0 saturated carbocycles. The molecule has 0 aliphatic carbocycles. The Bertz CT molecular complexity index is 886. The van der Waals surface area contributed by atoms with Crippen LogP contribution in [0.4, 0.5) is 9.18 Å². The van der Waals surface area contributed by atoms with Gasteiger partial charge in [-0.15, -0.1) is 0 Å². The maximum Gasteiger partial charge on any atom is 0.323 e. The first kappa shape index (κ1) is 19.4. The molecule has 2 amide bonds. The monoisotopic (exact) mass is 397 g/mol. The van der Waals surface area contributed by atoms with Crippen LogP contribution >= 0.6 is 0 Å². The molecule has 2 aromatic rings. The SMILES string of the molecule is N=C1OCC(c2ccccc2)(C(c2ccc(F)cc2)C2CNCCN2)N1C(N)=O. The summed E-state index contributed by atoms with van der Waals surface area (Å²) in [6, 6.07) is 14.6. The Kier molecular flexibility index (Phi) is 5.21. The van der Waals surface area contributed by atoms with E-state index in [9.17, 15) is 9.18 Å². The fourth-order valence-corrected chi connectivity index (χ4v) is 4.56. The fraction of sp³-hybridized carbons (Fsp3) is 0.333. The second kappa shape index (κ2) is 7.81. The first-order chi connectivity index (χ1) is 14.0. The van der Waals surface area contributed by atoms with Crippen LogP contribution in [0.1, 0.15) is 17.0 Å². The Morgan fingerprint density at radius 2 is 1.93 bits per heavy atom. The molecule has 0 bridgehead atoms. The van der Waals surface area contributed by atoms with Gasteiger partial charge in [0.2, 0.25) is 0 Å². The van der Waals surface area contributed by atoms with Gasteiger partial charge in [-0.2, -0.15) is 0 Å². The average Bonchev–Trinajstić information content (AvgIpc) is 3.09. The van der Waals surface area contributed by atoms with E-state index in [0.717, 1.165) is 24.2 Å². The highest BCUT2D eigenvalue weighted by Gasteiger charge is 2.57. The topological polar surface area (TPSA) is 103 Å². The minimum absolute atomic E-state index is 0.0824. The number of urea groups is 1. The average molecular weight is 397 g/mol. The summed E-state index contributed by atoms with van der Waals surface area (Å²) in [5.41, 5.74) is 6.34. The Labute approximate surface area is 168 Å². The number of hydrogen-bond donors (Lipinski definition) is 4. The number of nitrogens with one attached hydrogen (secondary N) is 3. The lowest BCUT2D eigenvalue weighted by molar-refractivity contribution is 0.127. The summed E-state index contributed by atoms with van der Waals surface area (Å²) in [6.07, 6.45) is 0. The normalized spacial score (nSPS) is 25.5. The summed E-state index contributed by atoms with van der Waals surface area (Å²) in [7, 11) is 0. The Hall–Kier alpha value is -2.97. The van der Waals surface area contributed by atoms with Gasteiger partial charge >= 0.3 is 6.03 Å². The van der Waals surface area contributed by atoms with Crippen molar-refractivity contribution in [1.29, 1.82) is 5.41 Å². The van der Waals surface area contributed by atoms with Crippen molar-refractivity contribution in [3.63, 3.8) is 0 Å². The molecule has 8 heteroatoms. The number of carbonyl (C=O) groups excluding carboxylic acids is 1. The molecule has 0 spiro atoms. The number of halogens is 1. The third-order valence-electron chi connectivity index (χ3n) is 5.74. The molecular formula is C21H24FN5O2. The molecule has 2 saturated heterocycles. The van der Waals surface area contributed by atoms with Crippen molar-refractivity contribution >= 4 is 12.1 Å². The van der Waals surface area contributed by atoms with Gasteiger partial charge in [-0.25, -0.2) is 14.1 Å². The van der Waals surface area contributed by atoms with Crippen LogP contribution in [-0.4, -0.2) is 49.2 Å². The summed E-state index contributed by atoms with van der Waals surface area (Å²) in [6.45, 7) is 2.31. The Morgan fingerprint density at radius 3 is 2.55 bits per heavy atom. The molecule has 7 nitrogen and oxygen atoms in total. The van der Waals surface area contributed by atoms with E-state index in [-0.39, 0.29) is 30.4 Å². The highest BCUT2D eigenvalue weighted by molar-refractivity contribution is 5.94. The first-order valence-corrected chi connectivity index (χ1v) is 9.60. The molecular weight excluding hydrogens is 373 g/mol. The van der Waals surface area contributed by atoms with Gasteiger partial charge in [-0.1, -0.05) is 42.5 Å². The molecule has 2 aromatic carbocycles. The zero-order valence-corrected chi connectivity index (χ0v) is 15.9. The molecule has 5 N–H and O–H groups in total. The largest absolute Gasteiger partial charge is 0.462 e. The van der Waals surface area contributed by atoms with Gasteiger partial charge in [0, 0.05) is 31.6 Å². The van der Waals surface area contributed by atoms with Crippen LogP contribution in [0, 0.1) is 11.2 Å². The number of rotatable bonds is 4. The zero-order chi connectivity index (χ0) is 20.4. The van der Waals surface area contributed by atoms with Crippen LogP contribution in [-0.2, 0) is 10.3 Å². The number of amidine groups is 1. The van der Waals surface area contributed by atoms with Crippen molar-refractivity contribution in [1.82, 2.24) is 15.5 Å². The highest BCUT2D eigenvalue weighted by atomic mass is 19.1. The predicted molar refractivity (Wildman–Crippen MR) is 107 cm³/mol. The van der Waals surface area contributed by atoms with Gasteiger partial charge in [0.05, 0.1) is 0 Å². The van der Waals surface area contributed by atoms with Crippen molar-refractivity contribution < 1.29 is 13.9 Å². The number of carbonyl (C=O) groups is 1. The van der Waals surface area contributed by atoms with E-state index in [1.165, 1.54) is 17.0 Å². The molecule has 29 heavy (non-hydrogen) atoms. The molecule has 0 aromatic heterocycles. The molecule has 2 aliphatic rings. The van der Waals surface area contributed by atoms with Crippen LogP contribution in [0.2, 0.25) is 0 Å². The van der Waals surface area contributed by atoms with Gasteiger partial charge in [-0.3, -0.25) is 5.41 Å². The molecule has 2 fully saturated rings. The van der Waals surface area contributed by atoms with Crippen LogP contribution < -0.4 is 16.4 Å². The molecule has 3 atom stereocenters. The molecule has 4 rings (SSSR count). The van der Waals surface area contributed by atoms with Crippen LogP contribution in [0.15, 0.2) is 54.6 Å². The highest BCUT2D eigenvalue weighted by Crippen LogP contribution is 2.47. The number of nitrogens with two attached hydrogens (primary N) is 1. The number of primary amides is 1. The molecule has 2 heterocycles. The number of amides is 2. The van der Waals surface area contributed by atoms with Crippen molar-refractivity contribution in [3.8, 4) is 0 Å². The lowest BCUT2D eigenvalue weighted by Crippen LogP contribution is -2.61. The summed E-state index contributed by atoms with van der Waals surface area (Å²) >= 11 is 0. The zero-order valence-electron chi connectivity index (χ0n) is 15.9. The van der Waals surface area contributed by atoms with Crippen molar-refractivity contribution in [2.24, 2.45) is 5.73 Å². The number of piperazine rings is 1. The number of nitrogens with zero attached hydrogens (tertiary/aromatic N) is 1. The van der Waals surface area contributed by atoms with E-state index in [0.29, 0.717) is 6.54 Å². The van der Waals surface area contributed by atoms with Gasteiger partial charge < -0.3 is 21.1 Å². The number of ether oxygens (including phenoxy) is 1. The molecule has 152 valence electrons. The van der Waals surface area contributed by atoms with E-state index in [2.05, 4.69) is 10.6 Å². The molecule has 0 radical (unpaired) electrons. The van der Waals surface area contributed by atoms with E-state index >= 15 is 0 Å². The third-order valence-corrected chi connectivity index (χ3v) is 5.74. The van der Waals surface area contributed by atoms with E-state index in [1.807, 2.05) is 30.3 Å². The summed E-state index contributed by atoms with van der Waals surface area (Å²) < 4.78 is 19.3. The lowest BCUT2D eigenvalue weighted by Gasteiger charge is -2.46. The maximum atomic E-state index is 13.7. The van der Waals surface area contributed by atoms with E-state index in [1.54, 1.807) is 12.1 Å². The summed E-state index contributed by atoms with van der Waals surface area (Å²) in [5, 5.41) is 15.1. The standard InChI is InChI=1S/C21H24FN5O2/c22-16-8-6-14(7-9-16)18(17-12-25-10-11-26-17)21(15-4-2-1-3-5-15)13-29-20(24)27(21)19(23)28/h1-9,17-18,24-26H,10-13H2,(H2,23,28). The third kappa shape index (κ3) is 3.34. The fourth-order valence-electron chi connectivity index (χ4n) is 4.56. The van der Waals surface area contributed by atoms with Crippen LogP contribution in [0.25, 0.3) is 0 Å². The van der Waals surface area contributed by atoms with E-state index in [4.69, 9.17) is 15.9 Å². The first-order valence-electron chi connectivity index (χ1n) is 9.60. The number of benzene rings is 2. The summed E-state index contributed by atoms with van der Waals surface area (Å²) in [4.78, 5) is 13.7. The van der Waals surface area contributed by atoms with Crippen molar-refractivity contribution in [3.05, 3.63) is 71.5 Å². The second-order valence-electron chi connectivity index (χ2n) is 7.35. The maximum absolute atomic E-state index is 13.7. The van der Waals surface area contributed by atoms with Gasteiger partial charge in [0.1, 0.15) is 18.0 Å². The summed E-state index contributed by atoms with van der Waals surface area (Å²) in [5.74, 6) is -0.674. The van der Waals surface area contributed by atoms with Gasteiger partial charge in [0.15, 0.2) is 0 Å². The number of hydrogen-bond acceptors (Lipinski definition) is 5. The predicted octanol–water partition coefficient (Wildman–Crippen LogP) is 1.71. The quantitative estimate of drug-likeness (QED) is 0.631.